The van der Waals surface area contributed by atoms with Crippen molar-refractivity contribution in [2.24, 2.45) is 0 Å². The van der Waals surface area contributed by atoms with Gasteiger partial charge in [0.05, 0.1) is 5.52 Å². The highest BCUT2D eigenvalue weighted by molar-refractivity contribution is 5.82. The first-order chi connectivity index (χ1) is 10.2. The van der Waals surface area contributed by atoms with Crippen molar-refractivity contribution in [1.29, 1.82) is 0 Å². The molecule has 0 amide bonds. The average molecular weight is 277 g/mol. The van der Waals surface area contributed by atoms with Crippen LogP contribution in [-0.2, 0) is 6.54 Å². The molecule has 21 heavy (non-hydrogen) atoms. The molecule has 0 aliphatic carbocycles. The van der Waals surface area contributed by atoms with Crippen LogP contribution in [0.2, 0.25) is 0 Å². The molecule has 0 aliphatic rings. The second-order valence-corrected chi connectivity index (χ2v) is 5.29. The lowest BCUT2D eigenvalue weighted by Crippen LogP contribution is -2.09. The maximum Gasteiger partial charge on any atom is 0.0705 e. The second kappa shape index (κ2) is 5.83. The van der Waals surface area contributed by atoms with Gasteiger partial charge in [-0.25, -0.2) is 0 Å². The summed E-state index contributed by atoms with van der Waals surface area (Å²) in [7, 11) is 4.10. The highest BCUT2D eigenvalue weighted by Crippen LogP contribution is 2.20. The molecule has 3 aromatic rings. The Morgan fingerprint density at radius 1 is 1.00 bits per heavy atom. The minimum absolute atomic E-state index is 0.792. The Morgan fingerprint density at radius 2 is 1.86 bits per heavy atom. The first-order valence-corrected chi connectivity index (χ1v) is 7.08. The van der Waals surface area contributed by atoms with Crippen molar-refractivity contribution < 1.29 is 0 Å². The van der Waals surface area contributed by atoms with Gasteiger partial charge in [0.15, 0.2) is 0 Å². The molecule has 0 atom stereocenters. The Hall–Kier alpha value is -2.55. The maximum absolute atomic E-state index is 4.40. The van der Waals surface area contributed by atoms with E-state index in [1.807, 2.05) is 18.3 Å². The molecule has 1 aromatic heterocycles. The molecular weight excluding hydrogens is 258 g/mol. The standard InChI is InChI=1S/C18H19N3/c1-21(2)16-7-5-6-15(12-16)20-13-14-10-11-19-18-9-4-3-8-17(14)18/h3-12,20H,13H2,1-2H3. The highest BCUT2D eigenvalue weighted by Gasteiger charge is 2.02. The first-order valence-electron chi connectivity index (χ1n) is 7.08. The van der Waals surface area contributed by atoms with Crippen molar-refractivity contribution in [1.82, 2.24) is 4.98 Å². The molecule has 0 radical (unpaired) electrons. The maximum atomic E-state index is 4.40. The molecule has 0 spiro atoms. The van der Waals surface area contributed by atoms with Crippen LogP contribution in [0.5, 0.6) is 0 Å². The fourth-order valence-corrected chi connectivity index (χ4v) is 2.40. The summed E-state index contributed by atoms with van der Waals surface area (Å²) in [6.07, 6.45) is 1.87. The summed E-state index contributed by atoms with van der Waals surface area (Å²) in [4.78, 5) is 6.50. The molecule has 106 valence electrons. The number of hydrogen-bond acceptors (Lipinski definition) is 3. The van der Waals surface area contributed by atoms with Crippen molar-refractivity contribution in [2.75, 3.05) is 24.3 Å². The number of hydrogen-bond donors (Lipinski definition) is 1. The van der Waals surface area contributed by atoms with Crippen LogP contribution in [0.4, 0.5) is 11.4 Å². The number of aromatic nitrogens is 1. The summed E-state index contributed by atoms with van der Waals surface area (Å²) in [5.74, 6) is 0. The summed E-state index contributed by atoms with van der Waals surface area (Å²) in [5, 5.41) is 4.70. The fourth-order valence-electron chi connectivity index (χ4n) is 2.40. The van der Waals surface area contributed by atoms with E-state index < -0.39 is 0 Å². The first kappa shape index (κ1) is 13.4. The van der Waals surface area contributed by atoms with E-state index in [2.05, 4.69) is 71.8 Å². The van der Waals surface area contributed by atoms with Crippen LogP contribution in [-0.4, -0.2) is 19.1 Å². The van der Waals surface area contributed by atoms with Crippen molar-refractivity contribution in [3.63, 3.8) is 0 Å². The van der Waals surface area contributed by atoms with Gasteiger partial charge in [-0.15, -0.1) is 0 Å². The van der Waals surface area contributed by atoms with Gasteiger partial charge in [0.2, 0.25) is 0 Å². The minimum Gasteiger partial charge on any atom is -0.381 e. The quantitative estimate of drug-likeness (QED) is 0.783. The molecule has 3 heteroatoms. The van der Waals surface area contributed by atoms with Crippen molar-refractivity contribution in [2.45, 2.75) is 6.54 Å². The Bertz CT molecular complexity index is 745. The van der Waals surface area contributed by atoms with Crippen LogP contribution in [0.3, 0.4) is 0 Å². The molecule has 1 N–H and O–H groups in total. The molecule has 2 aromatic carbocycles. The van der Waals surface area contributed by atoms with Gasteiger partial charge in [0, 0.05) is 43.6 Å². The number of rotatable bonds is 4. The minimum atomic E-state index is 0.792. The summed E-state index contributed by atoms with van der Waals surface area (Å²) in [6, 6.07) is 18.7. The van der Waals surface area contributed by atoms with Crippen LogP contribution in [0.25, 0.3) is 10.9 Å². The number of nitrogens with one attached hydrogen (secondary N) is 1. The summed E-state index contributed by atoms with van der Waals surface area (Å²) in [5.41, 5.74) is 4.62. The number of benzene rings is 2. The van der Waals surface area contributed by atoms with Gasteiger partial charge < -0.3 is 10.2 Å². The zero-order valence-corrected chi connectivity index (χ0v) is 12.4. The van der Waals surface area contributed by atoms with Crippen LogP contribution in [0, 0.1) is 0 Å². The van der Waals surface area contributed by atoms with Gasteiger partial charge in [0.1, 0.15) is 0 Å². The molecule has 0 saturated heterocycles. The predicted molar refractivity (Wildman–Crippen MR) is 89.8 cm³/mol. The Kier molecular flexibility index (Phi) is 3.73. The number of anilines is 2. The normalized spacial score (nSPS) is 10.6. The van der Waals surface area contributed by atoms with Crippen molar-refractivity contribution >= 4 is 22.3 Å². The third-order valence-corrected chi connectivity index (χ3v) is 3.58. The molecule has 0 aliphatic heterocycles. The van der Waals surface area contributed by atoms with Gasteiger partial charge in [-0.05, 0) is 35.9 Å². The third-order valence-electron chi connectivity index (χ3n) is 3.58. The lowest BCUT2D eigenvalue weighted by Gasteiger charge is -2.15. The van der Waals surface area contributed by atoms with E-state index in [1.165, 1.54) is 16.6 Å². The second-order valence-electron chi connectivity index (χ2n) is 5.29. The smallest absolute Gasteiger partial charge is 0.0705 e. The van der Waals surface area contributed by atoms with E-state index >= 15 is 0 Å². The average Bonchev–Trinajstić information content (AvgIpc) is 2.53. The molecule has 0 saturated carbocycles. The lowest BCUT2D eigenvalue weighted by atomic mass is 10.1. The summed E-state index contributed by atoms with van der Waals surface area (Å²) < 4.78 is 0. The van der Waals surface area contributed by atoms with E-state index in [0.717, 1.165) is 17.7 Å². The zero-order chi connectivity index (χ0) is 14.7. The molecule has 1 heterocycles. The molecule has 0 unspecified atom stereocenters. The van der Waals surface area contributed by atoms with Crippen LogP contribution in [0.15, 0.2) is 60.8 Å². The van der Waals surface area contributed by atoms with Crippen molar-refractivity contribution in [3.05, 3.63) is 66.4 Å². The van der Waals surface area contributed by atoms with E-state index in [1.54, 1.807) is 0 Å². The van der Waals surface area contributed by atoms with Gasteiger partial charge in [0.25, 0.3) is 0 Å². The van der Waals surface area contributed by atoms with E-state index in [9.17, 15) is 0 Å². The largest absolute Gasteiger partial charge is 0.381 e. The van der Waals surface area contributed by atoms with Crippen LogP contribution >= 0.6 is 0 Å². The van der Waals surface area contributed by atoms with Gasteiger partial charge in [-0.1, -0.05) is 24.3 Å². The topological polar surface area (TPSA) is 28.2 Å². The van der Waals surface area contributed by atoms with E-state index in [4.69, 9.17) is 0 Å². The molecular formula is C18H19N3. The molecule has 3 nitrogen and oxygen atoms in total. The molecule has 0 bridgehead atoms. The Morgan fingerprint density at radius 3 is 2.71 bits per heavy atom. The number of para-hydroxylation sites is 1. The highest BCUT2D eigenvalue weighted by atomic mass is 15.1. The Balaban J connectivity index is 1.82. The van der Waals surface area contributed by atoms with Crippen LogP contribution in [0.1, 0.15) is 5.56 Å². The van der Waals surface area contributed by atoms with Gasteiger partial charge in [-0.3, -0.25) is 4.98 Å². The monoisotopic (exact) mass is 277 g/mol. The number of nitrogens with zero attached hydrogens (tertiary/aromatic N) is 2. The number of fused-ring (bicyclic) bond motifs is 1. The van der Waals surface area contributed by atoms with E-state index in [0.29, 0.717) is 0 Å². The van der Waals surface area contributed by atoms with Crippen LogP contribution < -0.4 is 10.2 Å². The lowest BCUT2D eigenvalue weighted by molar-refractivity contribution is 1.12. The third kappa shape index (κ3) is 2.97. The van der Waals surface area contributed by atoms with Crippen molar-refractivity contribution in [3.8, 4) is 0 Å². The Labute approximate surface area is 125 Å². The predicted octanol–water partition coefficient (Wildman–Crippen LogP) is 3.91. The molecule has 0 fully saturated rings. The van der Waals surface area contributed by atoms with Gasteiger partial charge in [-0.2, -0.15) is 0 Å². The summed E-state index contributed by atoms with van der Waals surface area (Å²) >= 11 is 0. The molecule has 3 rings (SSSR count). The SMILES string of the molecule is CN(C)c1cccc(NCc2ccnc3ccccc23)c1. The van der Waals surface area contributed by atoms with Gasteiger partial charge >= 0.3 is 0 Å². The summed E-state index contributed by atoms with van der Waals surface area (Å²) in [6.45, 7) is 0.792. The number of pyridine rings is 1. The van der Waals surface area contributed by atoms with E-state index in [-0.39, 0.29) is 0 Å². The fraction of sp³-hybridized carbons (Fsp3) is 0.167. The zero-order valence-electron chi connectivity index (χ0n) is 12.4.